The fraction of sp³-hybridized carbons (Fsp3) is 0.870. The summed E-state index contributed by atoms with van der Waals surface area (Å²) in [5.41, 5.74) is 1.74. The number of rotatable bonds is 1. The van der Waals surface area contributed by atoms with E-state index in [4.69, 9.17) is 9.47 Å². The third-order valence-corrected chi connectivity index (χ3v) is 10.9. The van der Waals surface area contributed by atoms with Crippen molar-refractivity contribution < 1.29 is 19.4 Å². The summed E-state index contributed by atoms with van der Waals surface area (Å²) in [5, 5.41) is 12.7. The molecule has 0 amide bonds. The molecule has 5 heteroatoms. The van der Waals surface area contributed by atoms with Crippen molar-refractivity contribution in [3.8, 4) is 0 Å². The van der Waals surface area contributed by atoms with E-state index in [0.717, 1.165) is 38.6 Å². The maximum absolute atomic E-state index is 12.9. The summed E-state index contributed by atoms with van der Waals surface area (Å²) in [4.78, 5) is 15.2. The molecule has 7 aliphatic rings. The van der Waals surface area contributed by atoms with E-state index in [1.807, 2.05) is 0 Å². The Hall–Kier alpha value is -0.910. The third kappa shape index (κ3) is 1.34. The van der Waals surface area contributed by atoms with Gasteiger partial charge in [-0.2, -0.15) is 0 Å². The second-order valence-electron chi connectivity index (χ2n) is 11.0. The van der Waals surface area contributed by atoms with Crippen LogP contribution in [0.4, 0.5) is 0 Å². The minimum Gasteiger partial charge on any atom is -0.469 e. The lowest BCUT2D eigenvalue weighted by atomic mass is 9.41. The van der Waals surface area contributed by atoms with Crippen LogP contribution in [-0.4, -0.2) is 47.7 Å². The highest BCUT2D eigenvalue weighted by Crippen LogP contribution is 2.82. The molecule has 152 valence electrons. The molecule has 3 heterocycles. The topological polar surface area (TPSA) is 59.0 Å². The Morgan fingerprint density at radius 1 is 1.32 bits per heavy atom. The van der Waals surface area contributed by atoms with Gasteiger partial charge in [0, 0.05) is 29.2 Å². The molecule has 0 unspecified atom stereocenters. The van der Waals surface area contributed by atoms with Gasteiger partial charge >= 0.3 is 5.97 Å². The predicted octanol–water partition coefficient (Wildman–Crippen LogP) is 2.69. The van der Waals surface area contributed by atoms with Crippen molar-refractivity contribution in [2.24, 2.45) is 40.4 Å². The van der Waals surface area contributed by atoms with Gasteiger partial charge in [-0.15, -0.1) is 0 Å². The number of methoxy groups -OCH3 is 1. The fourth-order valence-electron chi connectivity index (χ4n) is 9.92. The van der Waals surface area contributed by atoms with Gasteiger partial charge in [-0.3, -0.25) is 4.79 Å². The highest BCUT2D eigenvalue weighted by atomic mass is 16.5. The van der Waals surface area contributed by atoms with E-state index < -0.39 is 5.72 Å². The minimum atomic E-state index is -0.869. The van der Waals surface area contributed by atoms with Crippen molar-refractivity contribution in [2.75, 3.05) is 13.7 Å². The lowest BCUT2D eigenvalue weighted by molar-refractivity contribution is -0.298. The Morgan fingerprint density at radius 3 is 2.89 bits per heavy atom. The van der Waals surface area contributed by atoms with Crippen molar-refractivity contribution in [3.05, 3.63) is 11.1 Å². The molecule has 5 fully saturated rings. The van der Waals surface area contributed by atoms with Crippen LogP contribution in [0.1, 0.15) is 52.4 Å². The quantitative estimate of drug-likeness (QED) is 0.556. The molecule has 0 aromatic rings. The Labute approximate surface area is 166 Å². The highest BCUT2D eigenvalue weighted by molar-refractivity contribution is 5.75. The molecule has 5 nitrogen and oxygen atoms in total. The molecular weight excluding hydrogens is 354 g/mol. The van der Waals surface area contributed by atoms with Gasteiger partial charge in [0.2, 0.25) is 0 Å². The van der Waals surface area contributed by atoms with Gasteiger partial charge in [-0.05, 0) is 50.4 Å². The van der Waals surface area contributed by atoms with Gasteiger partial charge in [0.15, 0.2) is 0 Å². The molecule has 0 radical (unpaired) electrons. The molecule has 7 rings (SSSR count). The zero-order chi connectivity index (χ0) is 19.2. The lowest BCUT2D eigenvalue weighted by Gasteiger charge is -2.69. The molecule has 3 saturated heterocycles. The number of hydrogen-bond acceptors (Lipinski definition) is 5. The first-order chi connectivity index (χ1) is 13.4. The number of hydrogen-bond donors (Lipinski definition) is 1. The van der Waals surface area contributed by atoms with Crippen LogP contribution in [0.15, 0.2) is 11.1 Å². The molecular formula is C23H31NO4. The maximum atomic E-state index is 12.9. The average Bonchev–Trinajstić information content (AvgIpc) is 3.21. The van der Waals surface area contributed by atoms with E-state index in [1.165, 1.54) is 19.1 Å². The molecule has 10 atom stereocenters. The summed E-state index contributed by atoms with van der Waals surface area (Å²) >= 11 is 0. The van der Waals surface area contributed by atoms with Crippen LogP contribution in [0, 0.1) is 40.4 Å². The Balaban J connectivity index is 1.56. The molecule has 28 heavy (non-hydrogen) atoms. The summed E-state index contributed by atoms with van der Waals surface area (Å²) in [6.45, 7) is 5.64. The zero-order valence-electron chi connectivity index (χ0n) is 17.1. The molecule has 1 N–H and O–H groups in total. The van der Waals surface area contributed by atoms with Crippen molar-refractivity contribution in [3.63, 3.8) is 0 Å². The lowest BCUT2D eigenvalue weighted by Crippen LogP contribution is -2.76. The first kappa shape index (κ1) is 16.8. The van der Waals surface area contributed by atoms with E-state index in [0.29, 0.717) is 11.8 Å². The molecule has 4 aliphatic carbocycles. The van der Waals surface area contributed by atoms with Gasteiger partial charge in [0.25, 0.3) is 0 Å². The van der Waals surface area contributed by atoms with Gasteiger partial charge in [0.05, 0.1) is 19.1 Å². The van der Waals surface area contributed by atoms with Gasteiger partial charge < -0.3 is 14.6 Å². The summed E-state index contributed by atoms with van der Waals surface area (Å²) in [7, 11) is 1.52. The van der Waals surface area contributed by atoms with Crippen molar-refractivity contribution in [2.45, 2.75) is 70.4 Å². The number of nitrogens with zero attached hydrogens (tertiary/aromatic N) is 1. The van der Waals surface area contributed by atoms with Crippen molar-refractivity contribution in [1.29, 1.82) is 0 Å². The number of ether oxygens (including phenoxy) is 2. The minimum absolute atomic E-state index is 0.0385. The number of carbonyl (C=O) groups excluding carboxylic acids is 1. The van der Waals surface area contributed by atoms with Gasteiger partial charge in [0.1, 0.15) is 12.0 Å². The van der Waals surface area contributed by atoms with Crippen LogP contribution < -0.4 is 0 Å². The van der Waals surface area contributed by atoms with Crippen LogP contribution in [0.25, 0.3) is 0 Å². The molecule has 0 aromatic heterocycles. The summed E-state index contributed by atoms with van der Waals surface area (Å²) in [6.07, 6.45) is 6.45. The monoisotopic (exact) mass is 385 g/mol. The van der Waals surface area contributed by atoms with Gasteiger partial charge in [-0.25, -0.2) is 4.90 Å². The molecule has 1 spiro atoms. The van der Waals surface area contributed by atoms with Crippen LogP contribution in [0.3, 0.4) is 0 Å². The zero-order valence-corrected chi connectivity index (χ0v) is 17.1. The molecule has 7 bridgehead atoms. The summed E-state index contributed by atoms with van der Waals surface area (Å²) < 4.78 is 12.1. The fourth-order valence-corrected chi connectivity index (χ4v) is 9.92. The number of piperidine rings is 1. The molecule has 0 aromatic carbocycles. The summed E-state index contributed by atoms with van der Waals surface area (Å²) in [5.74, 6) is 1.20. The molecule has 2 saturated carbocycles. The van der Waals surface area contributed by atoms with E-state index >= 15 is 0 Å². The number of esters is 1. The van der Waals surface area contributed by atoms with Crippen LogP contribution >= 0.6 is 0 Å². The Kier molecular flexibility index (Phi) is 2.83. The normalized spacial score (nSPS) is 60.4. The number of aliphatic hydroxyl groups is 1. The van der Waals surface area contributed by atoms with Crippen LogP contribution in [0.2, 0.25) is 0 Å². The van der Waals surface area contributed by atoms with Gasteiger partial charge in [-0.1, -0.05) is 25.0 Å². The molecule has 3 aliphatic heterocycles. The van der Waals surface area contributed by atoms with Crippen LogP contribution in [0.5, 0.6) is 0 Å². The standard InChI is InChI=1S/C23H31NO4/c1-11-16-8-17-21(2)13-6-4-12-5-7-14-15(20(25)27-3)9-22(21,18(12)14)23(16,26)24(10-13)19(11)28-17/h11,13-17,19,26H,4-10H2,1-3H3/t11-,13+,14+,15+,16+,17+,19-,21+,22+,23+/m0/s1. The average molecular weight is 386 g/mol. The van der Waals surface area contributed by atoms with Crippen LogP contribution in [-0.2, 0) is 14.3 Å². The number of fused-ring (bicyclic) bond motifs is 3. The van der Waals surface area contributed by atoms with Crippen molar-refractivity contribution in [1.82, 2.24) is 4.90 Å². The maximum Gasteiger partial charge on any atom is 0.309 e. The second kappa shape index (κ2) is 4.70. The second-order valence-corrected chi connectivity index (χ2v) is 11.0. The first-order valence-electron chi connectivity index (χ1n) is 11.3. The largest absolute Gasteiger partial charge is 0.469 e. The van der Waals surface area contributed by atoms with E-state index in [1.54, 1.807) is 5.57 Å². The predicted molar refractivity (Wildman–Crippen MR) is 101 cm³/mol. The Morgan fingerprint density at radius 2 is 2.11 bits per heavy atom. The Bertz CT molecular complexity index is 836. The van der Waals surface area contributed by atoms with E-state index in [-0.39, 0.29) is 46.9 Å². The SMILES string of the molecule is COC(=O)[C@@H]1C[C@]23C4=C(CC[C@@H]5CN6[C@H]7O[C@H](C[C@H]([C@@H]7C)[C@]62O)[C@@]53C)CC[C@@H]41. The van der Waals surface area contributed by atoms with E-state index in [9.17, 15) is 9.90 Å². The number of allylic oxidation sites excluding steroid dienone is 1. The van der Waals surface area contributed by atoms with E-state index in [2.05, 4.69) is 18.7 Å². The highest BCUT2D eigenvalue weighted by Gasteiger charge is 2.86. The first-order valence-corrected chi connectivity index (χ1v) is 11.3. The third-order valence-electron chi connectivity index (χ3n) is 10.9. The summed E-state index contributed by atoms with van der Waals surface area (Å²) in [6, 6.07) is 0. The smallest absolute Gasteiger partial charge is 0.309 e. The van der Waals surface area contributed by atoms with Crippen molar-refractivity contribution >= 4 is 5.97 Å². The number of carbonyl (C=O) groups is 1.